The molecule has 0 spiro atoms. The van der Waals surface area contributed by atoms with Crippen molar-refractivity contribution in [3.8, 4) is 11.1 Å². The van der Waals surface area contributed by atoms with Crippen molar-refractivity contribution < 1.29 is 44.8 Å². The van der Waals surface area contributed by atoms with Crippen molar-refractivity contribution in [3.05, 3.63) is 75.7 Å². The summed E-state index contributed by atoms with van der Waals surface area (Å²) in [5.74, 6) is -1.07. The minimum Gasteiger partial charge on any atom is -1.00 e. The van der Waals surface area contributed by atoms with E-state index in [1.165, 1.54) is 32.1 Å². The van der Waals surface area contributed by atoms with Crippen molar-refractivity contribution in [2.75, 3.05) is 6.61 Å². The van der Waals surface area contributed by atoms with Gasteiger partial charge in [0, 0.05) is 11.8 Å². The summed E-state index contributed by atoms with van der Waals surface area (Å²) in [5, 5.41) is 21.1. The fourth-order valence-corrected chi connectivity index (χ4v) is 5.85. The van der Waals surface area contributed by atoms with Gasteiger partial charge in [-0.25, -0.2) is 4.79 Å². The number of aliphatic carboxylic acids is 1. The number of amides is 1. The van der Waals surface area contributed by atoms with Gasteiger partial charge in [-0.2, -0.15) is 0 Å². The molecule has 2 atom stereocenters. The summed E-state index contributed by atoms with van der Waals surface area (Å²) < 4.78 is 6.46. The number of hydrogen-bond donors (Lipinski definition) is 3. The van der Waals surface area contributed by atoms with Crippen LogP contribution in [-0.4, -0.2) is 39.7 Å². The predicted octanol–water partition coefficient (Wildman–Crippen LogP) is 3.03. The van der Waals surface area contributed by atoms with Crippen LogP contribution in [0.5, 0.6) is 0 Å². The number of thiazole rings is 1. The first-order valence-corrected chi connectivity index (χ1v) is 14.2. The van der Waals surface area contributed by atoms with E-state index in [2.05, 4.69) is 10.3 Å². The third-order valence-electron chi connectivity index (χ3n) is 7.33. The first-order valence-electron chi connectivity index (χ1n) is 13.3. The zero-order valence-electron chi connectivity index (χ0n) is 23.8. The number of aryl methyl sites for hydroxylation is 1. The second-order valence-electron chi connectivity index (χ2n) is 10.0. The number of hydrogen-bond acceptors (Lipinski definition) is 6. The Bertz CT molecular complexity index is 1220. The maximum absolute atomic E-state index is 13.1. The van der Waals surface area contributed by atoms with Crippen LogP contribution < -0.4 is 24.2 Å². The summed E-state index contributed by atoms with van der Waals surface area (Å²) in [7, 11) is 0. The second-order valence-corrected chi connectivity index (χ2v) is 10.9. The third-order valence-corrected chi connectivity index (χ3v) is 8.20. The summed E-state index contributed by atoms with van der Waals surface area (Å²) in [6.07, 6.45) is 10.6. The number of rotatable bonds is 12. The van der Waals surface area contributed by atoms with E-state index >= 15 is 0 Å². The van der Waals surface area contributed by atoms with Crippen LogP contribution in [0.4, 0.5) is 0 Å². The van der Waals surface area contributed by atoms with Gasteiger partial charge in [-0.3, -0.25) is 9.78 Å². The van der Waals surface area contributed by atoms with Gasteiger partial charge in [0.1, 0.15) is 0 Å². The zero-order chi connectivity index (χ0) is 26.9. The molecular weight excluding hydrogens is 507 g/mol. The van der Waals surface area contributed by atoms with Crippen LogP contribution in [-0.2, 0) is 16.1 Å². The number of ether oxygens (including phenoxy) is 1. The van der Waals surface area contributed by atoms with E-state index in [0.717, 1.165) is 40.3 Å². The molecule has 1 aromatic heterocycles. The molecule has 1 aliphatic carbocycles. The van der Waals surface area contributed by atoms with E-state index in [0.29, 0.717) is 17.7 Å². The molecule has 1 heterocycles. The van der Waals surface area contributed by atoms with Gasteiger partial charge in [0.15, 0.2) is 6.04 Å². The molecule has 2 unspecified atom stereocenters. The van der Waals surface area contributed by atoms with Crippen LogP contribution in [0.15, 0.2) is 54.2 Å². The van der Waals surface area contributed by atoms with Crippen LogP contribution in [0.25, 0.3) is 11.1 Å². The summed E-state index contributed by atoms with van der Waals surface area (Å²) in [6, 6.07) is 11.9. The minimum absolute atomic E-state index is 0. The Kier molecular flexibility index (Phi) is 12.2. The first kappa shape index (κ1) is 31.1. The summed E-state index contributed by atoms with van der Waals surface area (Å²) in [5.41, 5.74) is 5.67. The maximum atomic E-state index is 13.1. The number of carboxylic acids is 1. The molecule has 1 fully saturated rings. The van der Waals surface area contributed by atoms with Crippen LogP contribution in [0.3, 0.4) is 0 Å². The van der Waals surface area contributed by atoms with E-state index < -0.39 is 24.5 Å². The van der Waals surface area contributed by atoms with Crippen LogP contribution in [0.2, 0.25) is 0 Å². The molecule has 1 amide bonds. The van der Waals surface area contributed by atoms with E-state index in [1.807, 2.05) is 55.0 Å². The number of carboxylic acid groups (broad SMARTS) is 1. The number of nitrogens with zero attached hydrogens (tertiary/aromatic N) is 1. The Morgan fingerprint density at radius 3 is 2.59 bits per heavy atom. The minimum atomic E-state index is -1.38. The Balaban J connectivity index is 0.00000280. The van der Waals surface area contributed by atoms with E-state index in [4.69, 9.17) is 4.74 Å². The number of benzene rings is 2. The Morgan fingerprint density at radius 2 is 1.92 bits per heavy atom. The van der Waals surface area contributed by atoms with Gasteiger partial charge in [-0.1, -0.05) is 62.4 Å². The second kappa shape index (κ2) is 15.4. The van der Waals surface area contributed by atoms with Crippen molar-refractivity contribution in [2.24, 2.45) is 5.92 Å². The number of carbonyl (C=O) groups excluding carboxylic acids is 1. The number of aliphatic hydroxyl groups is 1. The summed E-state index contributed by atoms with van der Waals surface area (Å²) in [4.78, 5) is 29.8. The fraction of sp³-hybridized carbons (Fsp3) is 0.433. The number of nitrogens with one attached hydrogen (secondary N) is 1. The summed E-state index contributed by atoms with van der Waals surface area (Å²) >= 11 is 1.61. The fourth-order valence-electron chi connectivity index (χ4n) is 5.15. The van der Waals surface area contributed by atoms with Gasteiger partial charge in [-0.05, 0) is 60.1 Å². The van der Waals surface area contributed by atoms with Crippen molar-refractivity contribution in [3.63, 3.8) is 0 Å². The van der Waals surface area contributed by atoms with E-state index in [-0.39, 0.29) is 26.4 Å². The molecule has 1 aliphatic rings. The SMILES string of the molecule is Cc1ccccc1-c1cc(COC(CCC2CCCCC2)c2cncs2)ccc1C(=O)NC(CO)C(=O)O.[H-].[Li+]. The largest absolute Gasteiger partial charge is 1.00 e. The predicted molar refractivity (Wildman–Crippen MR) is 149 cm³/mol. The molecule has 39 heavy (non-hydrogen) atoms. The standard InChI is InChI=1S/C30H36N2O5S.Li.H/c1-20-7-5-6-10-23(20)25-15-22(11-13-24(25)29(34)32-26(17-33)30(35)36)18-37-27(28-16-31-19-38-28)14-12-21-8-3-2-4-9-21;;/h5-7,10-11,13,15-16,19,21,26-27,33H,2-4,8-9,12,14,17-18H2,1H3,(H,32,34)(H,35,36);;/q;+1;-1. The van der Waals surface area contributed by atoms with E-state index in [9.17, 15) is 19.8 Å². The molecule has 0 aliphatic heterocycles. The molecular formula is C30H37LiN2O5S. The Morgan fingerprint density at radius 1 is 1.15 bits per heavy atom. The topological polar surface area (TPSA) is 109 Å². The Labute approximate surface area is 247 Å². The normalized spacial score (nSPS) is 15.2. The molecule has 4 rings (SSSR count). The van der Waals surface area contributed by atoms with E-state index in [1.54, 1.807) is 17.4 Å². The average Bonchev–Trinajstić information content (AvgIpc) is 3.47. The van der Waals surface area contributed by atoms with Gasteiger partial charge in [0.05, 0.1) is 29.7 Å². The third kappa shape index (κ3) is 8.50. The quantitative estimate of drug-likeness (QED) is 0.303. The van der Waals surface area contributed by atoms with Crippen molar-refractivity contribution in [1.82, 2.24) is 10.3 Å². The maximum Gasteiger partial charge on any atom is 1.00 e. The van der Waals surface area contributed by atoms with Gasteiger partial charge in [0.2, 0.25) is 0 Å². The van der Waals surface area contributed by atoms with Gasteiger partial charge in [0.25, 0.3) is 5.91 Å². The van der Waals surface area contributed by atoms with Crippen LogP contribution in [0.1, 0.15) is 78.8 Å². The molecule has 3 N–H and O–H groups in total. The molecule has 7 nitrogen and oxygen atoms in total. The van der Waals surface area contributed by atoms with Gasteiger partial charge in [-0.15, -0.1) is 11.3 Å². The Hall–Kier alpha value is -2.47. The molecule has 1 saturated carbocycles. The number of carbonyl (C=O) groups is 2. The number of aliphatic hydroxyl groups excluding tert-OH is 1. The van der Waals surface area contributed by atoms with Crippen LogP contribution in [0, 0.1) is 12.8 Å². The van der Waals surface area contributed by atoms with Crippen LogP contribution >= 0.6 is 11.3 Å². The number of aromatic nitrogens is 1. The first-order chi connectivity index (χ1) is 18.5. The van der Waals surface area contributed by atoms with Crippen molar-refractivity contribution >= 4 is 23.2 Å². The van der Waals surface area contributed by atoms with Gasteiger partial charge >= 0.3 is 24.8 Å². The smallest absolute Gasteiger partial charge is 1.00 e. The molecule has 2 aromatic carbocycles. The molecule has 0 saturated heterocycles. The molecule has 0 bridgehead atoms. The van der Waals surface area contributed by atoms with Crippen molar-refractivity contribution in [2.45, 2.75) is 70.6 Å². The average molecular weight is 545 g/mol. The summed E-state index contributed by atoms with van der Waals surface area (Å²) in [6.45, 7) is 1.66. The molecule has 0 radical (unpaired) electrons. The zero-order valence-corrected chi connectivity index (χ0v) is 23.6. The molecule has 9 heteroatoms. The molecule has 3 aromatic rings. The van der Waals surface area contributed by atoms with Crippen molar-refractivity contribution in [1.29, 1.82) is 0 Å². The molecule has 204 valence electrons. The van der Waals surface area contributed by atoms with Gasteiger partial charge < -0.3 is 21.7 Å². The monoisotopic (exact) mass is 544 g/mol.